The molecule has 3 nitrogen and oxygen atoms in total. The van der Waals surface area contributed by atoms with Gasteiger partial charge in [-0.2, -0.15) is 0 Å². The van der Waals surface area contributed by atoms with Gasteiger partial charge in [0, 0.05) is 30.5 Å². The number of hydrogen-bond donors (Lipinski definition) is 1. The second kappa shape index (κ2) is 7.36. The van der Waals surface area contributed by atoms with Crippen molar-refractivity contribution in [3.8, 4) is 10.6 Å². The Morgan fingerprint density at radius 1 is 1.36 bits per heavy atom. The number of piperidine rings is 1. The maximum atomic E-state index is 5.63. The fourth-order valence-corrected chi connectivity index (χ4v) is 4.15. The Morgan fingerprint density at radius 2 is 2.23 bits per heavy atom. The van der Waals surface area contributed by atoms with E-state index < -0.39 is 0 Å². The van der Waals surface area contributed by atoms with Crippen LogP contribution in [0.4, 0.5) is 0 Å². The normalized spacial score (nSPS) is 19.5. The van der Waals surface area contributed by atoms with Crippen LogP contribution in [-0.2, 0) is 13.0 Å². The quantitative estimate of drug-likeness (QED) is 0.917. The summed E-state index contributed by atoms with van der Waals surface area (Å²) in [6.45, 7) is 6.49. The highest BCUT2D eigenvalue weighted by molar-refractivity contribution is 7.13. The van der Waals surface area contributed by atoms with Crippen molar-refractivity contribution in [2.45, 2.75) is 32.7 Å². The van der Waals surface area contributed by atoms with E-state index in [0.29, 0.717) is 6.54 Å². The van der Waals surface area contributed by atoms with Gasteiger partial charge in [0.25, 0.3) is 0 Å². The van der Waals surface area contributed by atoms with E-state index in [2.05, 4.69) is 41.5 Å². The highest BCUT2D eigenvalue weighted by Gasteiger charge is 2.18. The van der Waals surface area contributed by atoms with E-state index in [1.807, 2.05) is 0 Å². The fraction of sp³-hybridized carbons (Fsp3) is 0.500. The molecule has 4 heteroatoms. The Hall–Kier alpha value is -1.23. The van der Waals surface area contributed by atoms with Crippen molar-refractivity contribution in [1.82, 2.24) is 9.88 Å². The minimum atomic E-state index is 0.663. The van der Waals surface area contributed by atoms with Gasteiger partial charge in [0.2, 0.25) is 0 Å². The molecule has 0 amide bonds. The third-order valence-electron chi connectivity index (χ3n) is 4.34. The molecule has 1 fully saturated rings. The van der Waals surface area contributed by atoms with E-state index in [0.717, 1.165) is 29.6 Å². The minimum absolute atomic E-state index is 0.663. The molecule has 0 bridgehead atoms. The first-order chi connectivity index (χ1) is 10.8. The molecule has 2 aromatic rings. The zero-order valence-corrected chi connectivity index (χ0v) is 14.1. The average Bonchev–Trinajstić information content (AvgIpc) is 2.97. The molecule has 22 heavy (non-hydrogen) atoms. The zero-order valence-electron chi connectivity index (χ0n) is 13.3. The molecule has 0 radical (unpaired) electrons. The van der Waals surface area contributed by atoms with Gasteiger partial charge in [-0.25, -0.2) is 4.98 Å². The van der Waals surface area contributed by atoms with Crippen molar-refractivity contribution in [2.24, 2.45) is 11.7 Å². The van der Waals surface area contributed by atoms with Crippen LogP contribution in [0, 0.1) is 5.92 Å². The zero-order chi connectivity index (χ0) is 15.4. The number of nitrogens with two attached hydrogens (primary N) is 1. The van der Waals surface area contributed by atoms with Gasteiger partial charge < -0.3 is 5.73 Å². The minimum Gasteiger partial charge on any atom is -0.330 e. The summed E-state index contributed by atoms with van der Waals surface area (Å²) in [5.41, 5.74) is 9.43. The lowest BCUT2D eigenvalue weighted by atomic mass is 9.99. The average molecular weight is 315 g/mol. The number of benzene rings is 1. The van der Waals surface area contributed by atoms with E-state index in [1.54, 1.807) is 11.3 Å². The van der Waals surface area contributed by atoms with Crippen LogP contribution >= 0.6 is 11.3 Å². The van der Waals surface area contributed by atoms with Crippen LogP contribution in [-0.4, -0.2) is 29.5 Å². The van der Waals surface area contributed by atoms with Crippen molar-refractivity contribution in [2.75, 3.05) is 19.6 Å². The molecular formula is C18H25N3S. The lowest BCUT2D eigenvalue weighted by molar-refractivity contribution is 0.177. The summed E-state index contributed by atoms with van der Waals surface area (Å²) < 4.78 is 0. The van der Waals surface area contributed by atoms with Gasteiger partial charge in [0.1, 0.15) is 5.01 Å². The van der Waals surface area contributed by atoms with Crippen LogP contribution in [0.1, 0.15) is 31.0 Å². The van der Waals surface area contributed by atoms with E-state index in [-0.39, 0.29) is 0 Å². The standard InChI is InChI=1S/C18H25N3S/c1-14-5-4-10-21(11-14)12-15-6-2-3-7-17(15)18-20-16(8-9-19)13-22-18/h2-3,6-7,13-14H,4-5,8-12,19H2,1H3. The van der Waals surface area contributed by atoms with Gasteiger partial charge in [0.05, 0.1) is 5.69 Å². The lowest BCUT2D eigenvalue weighted by Crippen LogP contribution is -2.33. The van der Waals surface area contributed by atoms with E-state index in [4.69, 9.17) is 10.7 Å². The Balaban J connectivity index is 1.79. The Bertz CT molecular complexity index is 608. The second-order valence-electron chi connectivity index (χ2n) is 6.32. The topological polar surface area (TPSA) is 42.2 Å². The number of thiazole rings is 1. The summed E-state index contributed by atoms with van der Waals surface area (Å²) in [6, 6.07) is 8.70. The van der Waals surface area contributed by atoms with Gasteiger partial charge in [-0.15, -0.1) is 11.3 Å². The Kier molecular flexibility index (Phi) is 5.24. The summed E-state index contributed by atoms with van der Waals surface area (Å²) in [5, 5.41) is 3.27. The fourth-order valence-electron chi connectivity index (χ4n) is 3.23. The third-order valence-corrected chi connectivity index (χ3v) is 5.26. The molecule has 1 unspecified atom stereocenters. The molecule has 1 aromatic carbocycles. The first-order valence-corrected chi connectivity index (χ1v) is 9.09. The summed E-state index contributed by atoms with van der Waals surface area (Å²) in [4.78, 5) is 7.34. The van der Waals surface area contributed by atoms with Gasteiger partial charge >= 0.3 is 0 Å². The predicted octanol–water partition coefficient (Wildman–Crippen LogP) is 3.54. The smallest absolute Gasteiger partial charge is 0.123 e. The van der Waals surface area contributed by atoms with E-state index in [9.17, 15) is 0 Å². The van der Waals surface area contributed by atoms with Gasteiger partial charge in [0.15, 0.2) is 0 Å². The van der Waals surface area contributed by atoms with Gasteiger partial charge in [-0.05, 0) is 37.4 Å². The number of likely N-dealkylation sites (tertiary alicyclic amines) is 1. The highest BCUT2D eigenvalue weighted by Crippen LogP contribution is 2.29. The molecule has 0 aliphatic carbocycles. The second-order valence-corrected chi connectivity index (χ2v) is 7.18. The molecule has 1 aliphatic heterocycles. The van der Waals surface area contributed by atoms with Crippen LogP contribution in [0.3, 0.4) is 0 Å². The molecule has 3 rings (SSSR count). The summed E-state index contributed by atoms with van der Waals surface area (Å²) >= 11 is 1.73. The maximum absolute atomic E-state index is 5.63. The third kappa shape index (κ3) is 3.75. The number of hydrogen-bond acceptors (Lipinski definition) is 4. The number of nitrogens with zero attached hydrogens (tertiary/aromatic N) is 2. The van der Waals surface area contributed by atoms with Gasteiger partial charge in [-0.1, -0.05) is 31.2 Å². The summed E-state index contributed by atoms with van der Waals surface area (Å²) in [5.74, 6) is 0.817. The van der Waals surface area contributed by atoms with Crippen molar-refractivity contribution in [3.63, 3.8) is 0 Å². The van der Waals surface area contributed by atoms with E-state index in [1.165, 1.54) is 37.1 Å². The summed E-state index contributed by atoms with van der Waals surface area (Å²) in [7, 11) is 0. The van der Waals surface area contributed by atoms with Crippen LogP contribution in [0.5, 0.6) is 0 Å². The first kappa shape index (κ1) is 15.7. The number of aromatic nitrogens is 1. The molecule has 0 spiro atoms. The molecule has 1 saturated heterocycles. The predicted molar refractivity (Wildman–Crippen MR) is 94.0 cm³/mol. The molecule has 1 aromatic heterocycles. The maximum Gasteiger partial charge on any atom is 0.123 e. The molecule has 1 atom stereocenters. The molecule has 0 saturated carbocycles. The van der Waals surface area contributed by atoms with E-state index >= 15 is 0 Å². The monoisotopic (exact) mass is 315 g/mol. The summed E-state index contributed by atoms with van der Waals surface area (Å²) in [6.07, 6.45) is 3.55. The van der Waals surface area contributed by atoms with Crippen molar-refractivity contribution < 1.29 is 0 Å². The molecule has 2 heterocycles. The van der Waals surface area contributed by atoms with Crippen molar-refractivity contribution >= 4 is 11.3 Å². The van der Waals surface area contributed by atoms with Gasteiger partial charge in [-0.3, -0.25) is 4.90 Å². The molecule has 2 N–H and O–H groups in total. The van der Waals surface area contributed by atoms with Crippen LogP contribution < -0.4 is 5.73 Å². The van der Waals surface area contributed by atoms with Crippen molar-refractivity contribution in [1.29, 1.82) is 0 Å². The first-order valence-electron chi connectivity index (χ1n) is 8.21. The molecular weight excluding hydrogens is 290 g/mol. The Morgan fingerprint density at radius 3 is 3.05 bits per heavy atom. The largest absolute Gasteiger partial charge is 0.330 e. The SMILES string of the molecule is CC1CCCN(Cc2ccccc2-c2nc(CCN)cs2)C1. The van der Waals surface area contributed by atoms with Crippen LogP contribution in [0.15, 0.2) is 29.6 Å². The number of rotatable bonds is 5. The van der Waals surface area contributed by atoms with Crippen molar-refractivity contribution in [3.05, 3.63) is 40.9 Å². The molecule has 1 aliphatic rings. The molecule has 118 valence electrons. The van der Waals surface area contributed by atoms with Crippen LogP contribution in [0.2, 0.25) is 0 Å². The Labute approximate surface area is 137 Å². The lowest BCUT2D eigenvalue weighted by Gasteiger charge is -2.31. The van der Waals surface area contributed by atoms with Crippen LogP contribution in [0.25, 0.3) is 10.6 Å². The highest BCUT2D eigenvalue weighted by atomic mass is 32.1.